The van der Waals surface area contributed by atoms with E-state index in [1.54, 1.807) is 6.20 Å². The Labute approximate surface area is 197 Å². The molecule has 1 aliphatic heterocycles. The van der Waals surface area contributed by atoms with E-state index in [0.29, 0.717) is 19.1 Å². The number of hydrogen-bond acceptors (Lipinski definition) is 7. The highest BCUT2D eigenvalue weighted by Gasteiger charge is 2.42. The van der Waals surface area contributed by atoms with E-state index >= 15 is 0 Å². The molecular weight excluding hydrogens is 472 g/mol. The molecule has 1 saturated heterocycles. The molecule has 3 aromatic rings. The molecule has 1 aliphatic rings. The van der Waals surface area contributed by atoms with Crippen LogP contribution in [0.4, 0.5) is 17.6 Å². The third-order valence-corrected chi connectivity index (χ3v) is 5.88. The van der Waals surface area contributed by atoms with Crippen LogP contribution in [0.25, 0.3) is 11.0 Å². The molecule has 188 valence electrons. The van der Waals surface area contributed by atoms with Crippen LogP contribution in [0.3, 0.4) is 0 Å². The maximum atomic E-state index is 13.8. The number of H-pyrrole nitrogens is 1. The lowest BCUT2D eigenvalue weighted by Crippen LogP contribution is -2.43. The standard InChI is InChI=1S/C22H24F4N6O3/c1-13-27-11-16(30-13)12-28-15-2-4-31(5-3-15)6-7-32-18-8-14(23)10-29-17(18)9-19(20(32)33)35-21(34)22(24,25)26/h8-11,15,28H,2-7,12H2,1H3,(H,27,30). The number of nitrogens with one attached hydrogen (secondary N) is 2. The number of hydrogen-bond donors (Lipinski definition) is 2. The van der Waals surface area contributed by atoms with E-state index in [-0.39, 0.29) is 17.6 Å². The zero-order valence-corrected chi connectivity index (χ0v) is 18.9. The summed E-state index contributed by atoms with van der Waals surface area (Å²) in [6.07, 6.45) is -0.881. The summed E-state index contributed by atoms with van der Waals surface area (Å²) < 4.78 is 57.1. The molecule has 0 bridgehead atoms. The Morgan fingerprint density at radius 2 is 1.94 bits per heavy atom. The Kier molecular flexibility index (Phi) is 7.17. The van der Waals surface area contributed by atoms with E-state index in [1.807, 2.05) is 6.92 Å². The number of nitrogens with zero attached hydrogens (tertiary/aromatic N) is 4. The van der Waals surface area contributed by atoms with Crippen LogP contribution in [0.1, 0.15) is 24.4 Å². The van der Waals surface area contributed by atoms with Crippen molar-refractivity contribution in [2.45, 2.75) is 45.1 Å². The van der Waals surface area contributed by atoms with Gasteiger partial charge in [-0.1, -0.05) is 0 Å². The first-order chi connectivity index (χ1) is 16.6. The van der Waals surface area contributed by atoms with Gasteiger partial charge >= 0.3 is 12.1 Å². The number of imidazole rings is 1. The zero-order chi connectivity index (χ0) is 25.2. The monoisotopic (exact) mass is 496 g/mol. The maximum Gasteiger partial charge on any atom is 0.491 e. The van der Waals surface area contributed by atoms with Gasteiger partial charge in [-0.3, -0.25) is 9.78 Å². The van der Waals surface area contributed by atoms with Crippen LogP contribution in [0.5, 0.6) is 5.75 Å². The minimum atomic E-state index is -5.27. The predicted molar refractivity (Wildman–Crippen MR) is 117 cm³/mol. The van der Waals surface area contributed by atoms with Crippen molar-refractivity contribution in [2.75, 3.05) is 19.6 Å². The average molecular weight is 496 g/mol. The molecule has 35 heavy (non-hydrogen) atoms. The molecule has 0 amide bonds. The Hall–Kier alpha value is -3.32. The van der Waals surface area contributed by atoms with Gasteiger partial charge in [0.15, 0.2) is 5.75 Å². The van der Waals surface area contributed by atoms with Gasteiger partial charge in [-0.2, -0.15) is 13.2 Å². The fraction of sp³-hybridized carbons (Fsp3) is 0.455. The first kappa shape index (κ1) is 24.8. The predicted octanol–water partition coefficient (Wildman–Crippen LogP) is 2.29. The summed E-state index contributed by atoms with van der Waals surface area (Å²) in [5, 5.41) is 3.48. The third-order valence-electron chi connectivity index (χ3n) is 5.88. The number of ether oxygens (including phenoxy) is 1. The lowest BCUT2D eigenvalue weighted by molar-refractivity contribution is -0.189. The Bertz CT molecular complexity index is 1260. The number of rotatable bonds is 7. The molecule has 4 rings (SSSR count). The second-order valence-corrected chi connectivity index (χ2v) is 8.40. The number of alkyl halides is 3. The summed E-state index contributed by atoms with van der Waals surface area (Å²) in [7, 11) is 0. The zero-order valence-electron chi connectivity index (χ0n) is 18.9. The van der Waals surface area contributed by atoms with E-state index in [1.165, 1.54) is 0 Å². The minimum absolute atomic E-state index is 0.0351. The summed E-state index contributed by atoms with van der Waals surface area (Å²) in [6, 6.07) is 2.30. The van der Waals surface area contributed by atoms with Crippen molar-refractivity contribution >= 4 is 17.0 Å². The van der Waals surface area contributed by atoms with Crippen molar-refractivity contribution in [2.24, 2.45) is 0 Å². The van der Waals surface area contributed by atoms with Crippen LogP contribution in [0.2, 0.25) is 0 Å². The fourth-order valence-corrected chi connectivity index (χ4v) is 4.07. The van der Waals surface area contributed by atoms with Crippen molar-refractivity contribution in [3.63, 3.8) is 0 Å². The Morgan fingerprint density at radius 3 is 2.60 bits per heavy atom. The highest BCUT2D eigenvalue weighted by Crippen LogP contribution is 2.21. The summed E-state index contributed by atoms with van der Waals surface area (Å²) in [6.45, 7) is 4.49. The molecule has 0 spiro atoms. The molecule has 0 aromatic carbocycles. The lowest BCUT2D eigenvalue weighted by atomic mass is 10.0. The molecule has 2 N–H and O–H groups in total. The number of aryl methyl sites for hydroxylation is 1. The molecule has 3 aromatic heterocycles. The smallest absolute Gasteiger partial charge is 0.414 e. The number of likely N-dealkylation sites (tertiary alicyclic amines) is 1. The van der Waals surface area contributed by atoms with Gasteiger partial charge in [0.05, 0.1) is 17.2 Å². The number of piperidine rings is 1. The van der Waals surface area contributed by atoms with E-state index in [0.717, 1.165) is 60.3 Å². The first-order valence-electron chi connectivity index (χ1n) is 11.0. The van der Waals surface area contributed by atoms with Crippen LogP contribution in [-0.4, -0.2) is 62.2 Å². The number of carbonyl (C=O) groups excluding carboxylic acids is 1. The second-order valence-electron chi connectivity index (χ2n) is 8.40. The van der Waals surface area contributed by atoms with E-state index in [2.05, 4.69) is 29.9 Å². The van der Waals surface area contributed by atoms with E-state index in [4.69, 9.17) is 0 Å². The molecular formula is C22H24F4N6O3. The first-order valence-corrected chi connectivity index (χ1v) is 11.0. The fourth-order valence-electron chi connectivity index (χ4n) is 4.07. The molecule has 0 saturated carbocycles. The van der Waals surface area contributed by atoms with Crippen molar-refractivity contribution in [3.05, 3.63) is 52.2 Å². The van der Waals surface area contributed by atoms with Crippen molar-refractivity contribution in [1.29, 1.82) is 0 Å². The SMILES string of the molecule is Cc1ncc(CNC2CCN(CCn3c(=O)c(OC(=O)C(F)(F)F)cc4ncc(F)cc43)CC2)[nH]1. The number of pyridine rings is 2. The highest BCUT2D eigenvalue weighted by molar-refractivity contribution is 5.80. The van der Waals surface area contributed by atoms with Gasteiger partial charge in [-0.25, -0.2) is 14.2 Å². The topological polar surface area (TPSA) is 105 Å². The highest BCUT2D eigenvalue weighted by atomic mass is 19.4. The maximum absolute atomic E-state index is 13.8. The summed E-state index contributed by atoms with van der Waals surface area (Å²) in [5.41, 5.74) is 0.179. The molecule has 0 atom stereocenters. The molecule has 9 nitrogen and oxygen atoms in total. The molecule has 13 heteroatoms. The van der Waals surface area contributed by atoms with Gasteiger partial charge in [0.2, 0.25) is 0 Å². The van der Waals surface area contributed by atoms with Gasteiger partial charge in [-0.15, -0.1) is 0 Å². The summed E-state index contributed by atoms with van der Waals surface area (Å²) in [5.74, 6) is -3.17. The molecule has 0 aliphatic carbocycles. The van der Waals surface area contributed by atoms with Crippen LogP contribution in [0, 0.1) is 12.7 Å². The quantitative estimate of drug-likeness (QED) is 0.382. The normalized spacial score (nSPS) is 15.6. The largest absolute Gasteiger partial charge is 0.491 e. The van der Waals surface area contributed by atoms with Crippen molar-refractivity contribution in [1.82, 2.24) is 29.7 Å². The number of carbonyl (C=O) groups is 1. The Morgan fingerprint density at radius 1 is 1.20 bits per heavy atom. The molecule has 0 radical (unpaired) electrons. The number of esters is 1. The van der Waals surface area contributed by atoms with Crippen molar-refractivity contribution in [3.8, 4) is 5.75 Å². The number of halogens is 4. The van der Waals surface area contributed by atoms with Crippen molar-refractivity contribution < 1.29 is 27.1 Å². The Balaban J connectivity index is 1.43. The van der Waals surface area contributed by atoms with Gasteiger partial charge in [-0.05, 0) is 32.9 Å². The number of aromatic amines is 1. The van der Waals surface area contributed by atoms with E-state index < -0.39 is 29.3 Å². The van der Waals surface area contributed by atoms with Crippen LogP contribution >= 0.6 is 0 Å². The third kappa shape index (κ3) is 6.03. The molecule has 4 heterocycles. The van der Waals surface area contributed by atoms with Gasteiger partial charge < -0.3 is 24.5 Å². The van der Waals surface area contributed by atoms with Crippen LogP contribution in [0.15, 0.2) is 29.3 Å². The van der Waals surface area contributed by atoms with Gasteiger partial charge in [0.25, 0.3) is 5.56 Å². The van der Waals surface area contributed by atoms with Gasteiger partial charge in [0.1, 0.15) is 11.6 Å². The lowest BCUT2D eigenvalue weighted by Gasteiger charge is -2.32. The summed E-state index contributed by atoms with van der Waals surface area (Å²) >= 11 is 0. The number of aromatic nitrogens is 4. The van der Waals surface area contributed by atoms with Gasteiger partial charge in [0, 0.05) is 49.7 Å². The molecule has 0 unspecified atom stereocenters. The van der Waals surface area contributed by atoms with Crippen LogP contribution < -0.4 is 15.6 Å². The minimum Gasteiger partial charge on any atom is -0.414 e. The summed E-state index contributed by atoms with van der Waals surface area (Å²) in [4.78, 5) is 37.4. The van der Waals surface area contributed by atoms with Crippen LogP contribution in [-0.2, 0) is 17.9 Å². The molecule has 1 fully saturated rings. The number of fused-ring (bicyclic) bond motifs is 1. The average Bonchev–Trinajstić information content (AvgIpc) is 3.23. The second kappa shape index (κ2) is 10.1. The van der Waals surface area contributed by atoms with E-state index in [9.17, 15) is 27.2 Å².